The number of hydrogen-bond donors (Lipinski definition) is 2. The van der Waals surface area contributed by atoms with Crippen LogP contribution in [0.15, 0.2) is 24.4 Å². The van der Waals surface area contributed by atoms with E-state index in [2.05, 4.69) is 47.4 Å². The third kappa shape index (κ3) is 3.82. The van der Waals surface area contributed by atoms with E-state index in [1.165, 1.54) is 5.56 Å². The second kappa shape index (κ2) is 6.72. The van der Waals surface area contributed by atoms with Gasteiger partial charge >= 0.3 is 0 Å². The molecule has 0 radical (unpaired) electrons. The predicted molar refractivity (Wildman–Crippen MR) is 84.9 cm³/mol. The van der Waals surface area contributed by atoms with Crippen molar-refractivity contribution in [2.45, 2.75) is 32.2 Å². The van der Waals surface area contributed by atoms with Crippen LogP contribution in [0, 0.1) is 5.92 Å². The highest BCUT2D eigenvalue weighted by Gasteiger charge is 2.21. The lowest BCUT2D eigenvalue weighted by Gasteiger charge is -2.27. The molecule has 0 aliphatic heterocycles. The van der Waals surface area contributed by atoms with Crippen LogP contribution >= 0.6 is 0 Å². The zero-order valence-corrected chi connectivity index (χ0v) is 13.0. The van der Waals surface area contributed by atoms with Crippen molar-refractivity contribution in [3.05, 3.63) is 30.0 Å². The number of H-pyrrole nitrogens is 1. The standard InChI is InChI=1S/C16H24N4O/c1-4-12(16(17)21)9-14(20(2)3)8-11-5-6-15-13(7-11)10-18-19-15/h5-7,10,12,14H,4,8-9H2,1-3H3,(H2,17,21)(H,18,19)/t12?,14-/m1/s1. The van der Waals surface area contributed by atoms with Crippen LogP contribution in [0.1, 0.15) is 25.3 Å². The highest BCUT2D eigenvalue weighted by Crippen LogP contribution is 2.20. The molecule has 21 heavy (non-hydrogen) atoms. The number of carbonyl (C=O) groups is 1. The van der Waals surface area contributed by atoms with E-state index in [9.17, 15) is 4.79 Å². The van der Waals surface area contributed by atoms with Crippen molar-refractivity contribution in [1.82, 2.24) is 15.1 Å². The molecule has 0 saturated carbocycles. The van der Waals surface area contributed by atoms with E-state index in [1.807, 2.05) is 13.1 Å². The third-order valence-corrected chi connectivity index (χ3v) is 4.16. The average Bonchev–Trinajstić information content (AvgIpc) is 2.90. The van der Waals surface area contributed by atoms with Crippen molar-refractivity contribution in [2.75, 3.05) is 14.1 Å². The van der Waals surface area contributed by atoms with Gasteiger partial charge < -0.3 is 10.6 Å². The van der Waals surface area contributed by atoms with Gasteiger partial charge in [0.2, 0.25) is 5.91 Å². The molecule has 0 bridgehead atoms. The number of amides is 1. The minimum Gasteiger partial charge on any atom is -0.369 e. The Morgan fingerprint density at radius 2 is 2.19 bits per heavy atom. The van der Waals surface area contributed by atoms with Crippen LogP contribution in [-0.2, 0) is 11.2 Å². The fourth-order valence-electron chi connectivity index (χ4n) is 2.68. The molecule has 1 unspecified atom stereocenters. The quantitative estimate of drug-likeness (QED) is 0.817. The van der Waals surface area contributed by atoms with Crippen molar-refractivity contribution in [3.63, 3.8) is 0 Å². The summed E-state index contributed by atoms with van der Waals surface area (Å²) in [4.78, 5) is 13.6. The number of fused-ring (bicyclic) bond motifs is 1. The summed E-state index contributed by atoms with van der Waals surface area (Å²) in [5, 5.41) is 8.12. The summed E-state index contributed by atoms with van der Waals surface area (Å²) in [5.41, 5.74) is 7.78. The molecule has 2 rings (SSSR count). The van der Waals surface area contributed by atoms with Crippen molar-refractivity contribution >= 4 is 16.8 Å². The van der Waals surface area contributed by atoms with Crippen molar-refractivity contribution in [1.29, 1.82) is 0 Å². The Morgan fingerprint density at radius 1 is 1.43 bits per heavy atom. The molecule has 0 fully saturated rings. The van der Waals surface area contributed by atoms with Gasteiger partial charge in [-0.25, -0.2) is 0 Å². The van der Waals surface area contributed by atoms with Crippen molar-refractivity contribution in [3.8, 4) is 0 Å². The first kappa shape index (κ1) is 15.5. The first-order valence-electron chi connectivity index (χ1n) is 7.39. The average molecular weight is 288 g/mol. The second-order valence-corrected chi connectivity index (χ2v) is 5.86. The zero-order valence-electron chi connectivity index (χ0n) is 13.0. The minimum absolute atomic E-state index is 0.0601. The van der Waals surface area contributed by atoms with Gasteiger partial charge in [0.05, 0.1) is 11.7 Å². The second-order valence-electron chi connectivity index (χ2n) is 5.86. The number of primary amides is 1. The van der Waals surface area contributed by atoms with Gasteiger partial charge in [-0.05, 0) is 51.1 Å². The molecule has 1 amide bonds. The van der Waals surface area contributed by atoms with Gasteiger partial charge in [0.15, 0.2) is 0 Å². The van der Waals surface area contributed by atoms with Crippen molar-refractivity contribution < 1.29 is 4.79 Å². The number of rotatable bonds is 7. The Kier molecular flexibility index (Phi) is 4.96. The number of aromatic amines is 1. The summed E-state index contributed by atoms with van der Waals surface area (Å²) in [6, 6.07) is 6.62. The van der Waals surface area contributed by atoms with Crippen LogP contribution in [-0.4, -0.2) is 41.1 Å². The fraction of sp³-hybridized carbons (Fsp3) is 0.500. The molecule has 1 aromatic heterocycles. The van der Waals surface area contributed by atoms with Gasteiger partial charge in [0.1, 0.15) is 0 Å². The highest BCUT2D eigenvalue weighted by atomic mass is 16.1. The topological polar surface area (TPSA) is 75.0 Å². The predicted octanol–water partition coefficient (Wildman–Crippen LogP) is 1.94. The number of carbonyl (C=O) groups excluding carboxylic acids is 1. The van der Waals surface area contributed by atoms with E-state index in [0.717, 1.165) is 30.2 Å². The normalized spacial score (nSPS) is 14.5. The molecule has 0 aliphatic rings. The third-order valence-electron chi connectivity index (χ3n) is 4.16. The van der Waals surface area contributed by atoms with E-state index in [1.54, 1.807) is 0 Å². The molecule has 3 N–H and O–H groups in total. The van der Waals surface area contributed by atoms with Gasteiger partial charge in [0.25, 0.3) is 0 Å². The summed E-state index contributed by atoms with van der Waals surface area (Å²) in [6.45, 7) is 2.01. The van der Waals surface area contributed by atoms with Crippen LogP contribution in [0.3, 0.4) is 0 Å². The molecule has 1 aromatic carbocycles. The Bertz CT molecular complexity index is 605. The van der Waals surface area contributed by atoms with Crippen LogP contribution in [0.5, 0.6) is 0 Å². The Balaban J connectivity index is 2.13. The number of nitrogens with one attached hydrogen (secondary N) is 1. The maximum absolute atomic E-state index is 11.5. The lowest BCUT2D eigenvalue weighted by atomic mass is 9.92. The van der Waals surface area contributed by atoms with E-state index in [0.29, 0.717) is 6.04 Å². The molecule has 2 atom stereocenters. The van der Waals surface area contributed by atoms with Gasteiger partial charge in [-0.3, -0.25) is 9.89 Å². The van der Waals surface area contributed by atoms with E-state index in [-0.39, 0.29) is 11.8 Å². The lowest BCUT2D eigenvalue weighted by Crippen LogP contribution is -2.35. The number of likely N-dealkylation sites (N-methyl/N-ethyl adjacent to an activating group) is 1. The van der Waals surface area contributed by atoms with Gasteiger partial charge in [-0.1, -0.05) is 13.0 Å². The molecule has 0 saturated heterocycles. The lowest BCUT2D eigenvalue weighted by molar-refractivity contribution is -0.122. The van der Waals surface area contributed by atoms with Crippen LogP contribution in [0.2, 0.25) is 0 Å². The Morgan fingerprint density at radius 3 is 2.81 bits per heavy atom. The number of nitrogens with zero attached hydrogens (tertiary/aromatic N) is 2. The molecular weight excluding hydrogens is 264 g/mol. The smallest absolute Gasteiger partial charge is 0.220 e. The molecule has 2 aromatic rings. The molecule has 1 heterocycles. The summed E-state index contributed by atoms with van der Waals surface area (Å²) < 4.78 is 0. The minimum atomic E-state index is -0.199. The molecule has 5 nitrogen and oxygen atoms in total. The summed E-state index contributed by atoms with van der Waals surface area (Å²) in [7, 11) is 4.10. The van der Waals surface area contributed by atoms with Crippen molar-refractivity contribution in [2.24, 2.45) is 11.7 Å². The summed E-state index contributed by atoms with van der Waals surface area (Å²) >= 11 is 0. The Labute approximate surface area is 125 Å². The molecule has 0 spiro atoms. The maximum atomic E-state index is 11.5. The highest BCUT2D eigenvalue weighted by molar-refractivity contribution is 5.78. The monoisotopic (exact) mass is 288 g/mol. The summed E-state index contributed by atoms with van der Waals surface area (Å²) in [5.74, 6) is -0.260. The largest absolute Gasteiger partial charge is 0.369 e. The van der Waals surface area contributed by atoms with Crippen LogP contribution in [0.4, 0.5) is 0 Å². The van der Waals surface area contributed by atoms with E-state index < -0.39 is 0 Å². The number of benzene rings is 1. The van der Waals surface area contributed by atoms with Crippen LogP contribution in [0.25, 0.3) is 10.9 Å². The van der Waals surface area contributed by atoms with E-state index >= 15 is 0 Å². The van der Waals surface area contributed by atoms with Crippen LogP contribution < -0.4 is 5.73 Å². The SMILES string of the molecule is CCC(C[C@@H](Cc1ccc2[nH]ncc2c1)N(C)C)C(N)=O. The number of aromatic nitrogens is 2. The number of nitrogens with two attached hydrogens (primary N) is 1. The molecule has 5 heteroatoms. The molecular formula is C16H24N4O. The number of hydrogen-bond acceptors (Lipinski definition) is 3. The Hall–Kier alpha value is -1.88. The first-order valence-corrected chi connectivity index (χ1v) is 7.39. The zero-order chi connectivity index (χ0) is 15.4. The van der Waals surface area contributed by atoms with E-state index in [4.69, 9.17) is 5.73 Å². The molecule has 0 aliphatic carbocycles. The maximum Gasteiger partial charge on any atom is 0.220 e. The van der Waals surface area contributed by atoms with Gasteiger partial charge in [0, 0.05) is 17.3 Å². The first-order chi connectivity index (χ1) is 10.0. The summed E-state index contributed by atoms with van der Waals surface area (Å²) in [6.07, 6.45) is 4.32. The van der Waals surface area contributed by atoms with Gasteiger partial charge in [-0.2, -0.15) is 5.10 Å². The molecule has 114 valence electrons. The fourth-order valence-corrected chi connectivity index (χ4v) is 2.68. The van der Waals surface area contributed by atoms with Gasteiger partial charge in [-0.15, -0.1) is 0 Å².